The van der Waals surface area contributed by atoms with E-state index in [0.29, 0.717) is 0 Å². The lowest BCUT2D eigenvalue weighted by atomic mass is 9.70. The van der Waals surface area contributed by atoms with Crippen molar-refractivity contribution in [3.63, 3.8) is 0 Å². The molecule has 0 aliphatic rings. The molecule has 1 rings (SSSR count). The van der Waals surface area contributed by atoms with Gasteiger partial charge in [0.05, 0.1) is 6.04 Å². The molecule has 3 nitrogen and oxygen atoms in total. The van der Waals surface area contributed by atoms with Crippen LogP contribution in [0.3, 0.4) is 0 Å². The molecule has 0 aliphatic carbocycles. The number of rotatable bonds is 5. The molecule has 0 aliphatic heterocycles. The van der Waals surface area contributed by atoms with Crippen molar-refractivity contribution in [3.05, 3.63) is 35.9 Å². The molecule has 4 N–H and O–H groups in total. The number of carbonyl (C=O) groups excluding carboxylic acids is 1. The van der Waals surface area contributed by atoms with Gasteiger partial charge in [-0.2, -0.15) is 0 Å². The van der Waals surface area contributed by atoms with Gasteiger partial charge in [-0.25, -0.2) is 0 Å². The van der Waals surface area contributed by atoms with Gasteiger partial charge < -0.3 is 11.5 Å². The monoisotopic (exact) mass is 220 g/mol. The third kappa shape index (κ3) is 2.09. The molecule has 0 heterocycles. The summed E-state index contributed by atoms with van der Waals surface area (Å²) in [7, 11) is 0. The summed E-state index contributed by atoms with van der Waals surface area (Å²) in [4.78, 5) is 11.3. The molecule has 0 spiro atoms. The normalized spacial score (nSPS) is 13.4. The van der Waals surface area contributed by atoms with Crippen molar-refractivity contribution in [2.24, 2.45) is 11.5 Å². The molecule has 0 aromatic heterocycles. The topological polar surface area (TPSA) is 69.1 Å². The van der Waals surface area contributed by atoms with Crippen LogP contribution in [-0.4, -0.2) is 11.9 Å². The minimum absolute atomic E-state index is 0.340. The molecule has 0 radical (unpaired) electrons. The summed E-state index contributed by atoms with van der Waals surface area (Å²) < 4.78 is 0. The molecule has 1 atom stereocenters. The van der Waals surface area contributed by atoms with Gasteiger partial charge >= 0.3 is 0 Å². The summed E-state index contributed by atoms with van der Waals surface area (Å²) >= 11 is 0. The quantitative estimate of drug-likeness (QED) is 0.790. The molecule has 1 aromatic carbocycles. The highest BCUT2D eigenvalue weighted by molar-refractivity contribution is 5.81. The molecular weight excluding hydrogens is 200 g/mol. The fraction of sp³-hybridized carbons (Fsp3) is 0.462. The summed E-state index contributed by atoms with van der Waals surface area (Å²) in [5, 5.41) is 0. The molecule has 0 saturated carbocycles. The van der Waals surface area contributed by atoms with Gasteiger partial charge in [0.1, 0.15) is 0 Å². The lowest BCUT2D eigenvalue weighted by molar-refractivity contribution is -0.121. The van der Waals surface area contributed by atoms with E-state index in [4.69, 9.17) is 11.5 Å². The average molecular weight is 220 g/mol. The summed E-state index contributed by atoms with van der Waals surface area (Å²) in [6, 6.07) is 9.26. The molecule has 0 fully saturated rings. The smallest absolute Gasteiger partial charge is 0.235 e. The minimum atomic E-state index is -0.634. The number of benzene rings is 1. The summed E-state index contributed by atoms with van der Waals surface area (Å²) in [6.45, 7) is 4.08. The summed E-state index contributed by atoms with van der Waals surface area (Å²) in [5.41, 5.74) is 12.1. The van der Waals surface area contributed by atoms with Gasteiger partial charge in [-0.1, -0.05) is 44.2 Å². The van der Waals surface area contributed by atoms with Gasteiger partial charge in [0.25, 0.3) is 0 Å². The Morgan fingerprint density at radius 1 is 1.25 bits per heavy atom. The van der Waals surface area contributed by atoms with Crippen LogP contribution in [0.25, 0.3) is 0 Å². The molecule has 0 bridgehead atoms. The predicted octanol–water partition coefficient (Wildman–Crippen LogP) is 1.56. The zero-order valence-electron chi connectivity index (χ0n) is 9.94. The number of amides is 1. The first-order chi connectivity index (χ1) is 7.58. The Kier molecular flexibility index (Phi) is 4.07. The highest BCUT2D eigenvalue weighted by Crippen LogP contribution is 2.34. The van der Waals surface area contributed by atoms with E-state index in [2.05, 4.69) is 0 Å². The van der Waals surface area contributed by atoms with Crippen LogP contribution >= 0.6 is 0 Å². The second-order valence-electron chi connectivity index (χ2n) is 4.11. The Morgan fingerprint density at radius 2 is 1.75 bits per heavy atom. The summed E-state index contributed by atoms with van der Waals surface area (Å²) in [6.07, 6.45) is 1.61. The highest BCUT2D eigenvalue weighted by atomic mass is 16.1. The molecule has 88 valence electrons. The van der Waals surface area contributed by atoms with Crippen molar-refractivity contribution in [2.75, 3.05) is 0 Å². The Labute approximate surface area is 96.8 Å². The molecule has 1 unspecified atom stereocenters. The molecular formula is C13H20N2O. The molecule has 3 heteroatoms. The maximum atomic E-state index is 11.3. The first-order valence-corrected chi connectivity index (χ1v) is 5.69. The van der Waals surface area contributed by atoms with E-state index >= 15 is 0 Å². The van der Waals surface area contributed by atoms with Crippen LogP contribution < -0.4 is 11.5 Å². The van der Waals surface area contributed by atoms with Gasteiger partial charge in [0.15, 0.2) is 0 Å². The average Bonchev–Trinajstić information content (AvgIpc) is 2.32. The first kappa shape index (κ1) is 12.7. The van der Waals surface area contributed by atoms with E-state index in [1.807, 2.05) is 44.2 Å². The van der Waals surface area contributed by atoms with Crippen LogP contribution in [0.5, 0.6) is 0 Å². The predicted molar refractivity (Wildman–Crippen MR) is 65.9 cm³/mol. The minimum Gasteiger partial charge on any atom is -0.368 e. The van der Waals surface area contributed by atoms with Gasteiger partial charge in [-0.3, -0.25) is 4.79 Å². The lowest BCUT2D eigenvalue weighted by Gasteiger charge is -2.36. The fourth-order valence-corrected chi connectivity index (χ4v) is 2.32. The highest BCUT2D eigenvalue weighted by Gasteiger charge is 2.38. The SMILES string of the molecule is CCC(CC)(c1ccccc1)C(N)C(N)=O. The van der Waals surface area contributed by atoms with E-state index in [-0.39, 0.29) is 5.41 Å². The van der Waals surface area contributed by atoms with Crippen molar-refractivity contribution < 1.29 is 4.79 Å². The maximum absolute atomic E-state index is 11.3. The maximum Gasteiger partial charge on any atom is 0.235 e. The van der Waals surface area contributed by atoms with Crippen molar-refractivity contribution >= 4 is 5.91 Å². The number of primary amides is 1. The lowest BCUT2D eigenvalue weighted by Crippen LogP contribution is -2.52. The number of hydrogen-bond acceptors (Lipinski definition) is 2. The largest absolute Gasteiger partial charge is 0.368 e. The third-order valence-corrected chi connectivity index (χ3v) is 3.51. The van der Waals surface area contributed by atoms with Crippen molar-refractivity contribution in [1.29, 1.82) is 0 Å². The van der Waals surface area contributed by atoms with Crippen molar-refractivity contribution in [1.82, 2.24) is 0 Å². The number of carbonyl (C=O) groups is 1. The Balaban J connectivity index is 3.21. The molecule has 1 amide bonds. The van der Waals surface area contributed by atoms with E-state index in [1.165, 1.54) is 0 Å². The second kappa shape index (κ2) is 5.12. The van der Waals surface area contributed by atoms with Gasteiger partial charge in [-0.05, 0) is 18.4 Å². The van der Waals surface area contributed by atoms with E-state index < -0.39 is 11.9 Å². The van der Waals surface area contributed by atoms with Crippen LogP contribution in [0.15, 0.2) is 30.3 Å². The van der Waals surface area contributed by atoms with Crippen molar-refractivity contribution in [2.45, 2.75) is 38.1 Å². The van der Waals surface area contributed by atoms with Crippen LogP contribution in [-0.2, 0) is 10.2 Å². The molecule has 0 saturated heterocycles. The molecule has 16 heavy (non-hydrogen) atoms. The van der Waals surface area contributed by atoms with Crippen LogP contribution in [0.2, 0.25) is 0 Å². The van der Waals surface area contributed by atoms with E-state index in [9.17, 15) is 4.79 Å². The van der Waals surface area contributed by atoms with Gasteiger partial charge in [0, 0.05) is 5.41 Å². The number of hydrogen-bond donors (Lipinski definition) is 2. The summed E-state index contributed by atoms with van der Waals surface area (Å²) in [5.74, 6) is -0.437. The van der Waals surface area contributed by atoms with E-state index in [1.54, 1.807) is 0 Å². The van der Waals surface area contributed by atoms with Crippen LogP contribution in [0.1, 0.15) is 32.3 Å². The third-order valence-electron chi connectivity index (χ3n) is 3.51. The molecule has 1 aromatic rings. The van der Waals surface area contributed by atoms with E-state index in [0.717, 1.165) is 18.4 Å². The van der Waals surface area contributed by atoms with Gasteiger partial charge in [0.2, 0.25) is 5.91 Å². The second-order valence-corrected chi connectivity index (χ2v) is 4.11. The van der Waals surface area contributed by atoms with Crippen LogP contribution in [0.4, 0.5) is 0 Å². The van der Waals surface area contributed by atoms with Gasteiger partial charge in [-0.15, -0.1) is 0 Å². The first-order valence-electron chi connectivity index (χ1n) is 5.69. The standard InChI is InChI=1S/C13H20N2O/c1-3-13(4-2,11(14)12(15)16)10-8-6-5-7-9-10/h5-9,11H,3-4,14H2,1-2H3,(H2,15,16). The van der Waals surface area contributed by atoms with Crippen molar-refractivity contribution in [3.8, 4) is 0 Å². The van der Waals surface area contributed by atoms with Crippen LogP contribution in [0, 0.1) is 0 Å². The fourth-order valence-electron chi connectivity index (χ4n) is 2.32. The number of nitrogens with two attached hydrogens (primary N) is 2. The zero-order chi connectivity index (χ0) is 12.2. The Morgan fingerprint density at radius 3 is 2.12 bits per heavy atom. The Hall–Kier alpha value is -1.35. The zero-order valence-corrected chi connectivity index (χ0v) is 9.94. The Bertz CT molecular complexity index is 344.